The fourth-order valence-corrected chi connectivity index (χ4v) is 1.35. The molecule has 0 saturated heterocycles. The first-order valence-corrected chi connectivity index (χ1v) is 5.32. The smallest absolute Gasteiger partial charge is 0.411 e. The number of nitro groups is 1. The third kappa shape index (κ3) is 4.00. The maximum atomic E-state index is 11.2. The Balaban J connectivity index is 2.79. The van der Waals surface area contributed by atoms with Crippen LogP contribution >= 0.6 is 15.9 Å². The van der Waals surface area contributed by atoms with Gasteiger partial charge in [0.05, 0.1) is 17.2 Å². The zero-order valence-electron chi connectivity index (χ0n) is 8.55. The van der Waals surface area contributed by atoms with Crippen molar-refractivity contribution in [1.29, 1.82) is 0 Å². The summed E-state index contributed by atoms with van der Waals surface area (Å²) in [6.07, 6.45) is -0.791. The van der Waals surface area contributed by atoms with Crippen LogP contribution in [0.3, 0.4) is 0 Å². The molecular formula is C9H9BrN2O5. The molecule has 1 amide bonds. The van der Waals surface area contributed by atoms with E-state index in [9.17, 15) is 14.9 Å². The predicted molar refractivity (Wildman–Crippen MR) is 62.9 cm³/mol. The summed E-state index contributed by atoms with van der Waals surface area (Å²) in [5.74, 6) is 0. The summed E-state index contributed by atoms with van der Waals surface area (Å²) in [5, 5.41) is 21.3. The summed E-state index contributed by atoms with van der Waals surface area (Å²) in [5.41, 5.74) is 0.0767. The van der Waals surface area contributed by atoms with Gasteiger partial charge >= 0.3 is 6.09 Å². The first-order chi connectivity index (χ1) is 8.04. The number of benzene rings is 1. The van der Waals surface area contributed by atoms with Crippen LogP contribution in [0.15, 0.2) is 22.7 Å². The topological polar surface area (TPSA) is 102 Å². The minimum Gasteiger partial charge on any atom is -0.447 e. The van der Waals surface area contributed by atoms with Crippen LogP contribution in [-0.2, 0) is 4.74 Å². The van der Waals surface area contributed by atoms with E-state index in [1.807, 2.05) is 0 Å². The van der Waals surface area contributed by atoms with Gasteiger partial charge in [0.15, 0.2) is 0 Å². The highest BCUT2D eigenvalue weighted by Gasteiger charge is 2.12. The molecule has 0 saturated carbocycles. The predicted octanol–water partition coefficient (Wildman–Crippen LogP) is 1.90. The minimum atomic E-state index is -0.791. The second-order valence-electron chi connectivity index (χ2n) is 2.91. The van der Waals surface area contributed by atoms with Crippen LogP contribution in [0.5, 0.6) is 0 Å². The van der Waals surface area contributed by atoms with Gasteiger partial charge in [-0.05, 0) is 22.0 Å². The maximum Gasteiger partial charge on any atom is 0.411 e. The van der Waals surface area contributed by atoms with Crippen molar-refractivity contribution in [1.82, 2.24) is 0 Å². The van der Waals surface area contributed by atoms with Crippen LogP contribution in [0.25, 0.3) is 0 Å². The van der Waals surface area contributed by atoms with Gasteiger partial charge in [-0.3, -0.25) is 15.4 Å². The van der Waals surface area contributed by atoms with E-state index in [1.54, 1.807) is 0 Å². The largest absolute Gasteiger partial charge is 0.447 e. The number of non-ortho nitro benzene ring substituents is 1. The molecular weight excluding hydrogens is 296 g/mol. The molecule has 0 radical (unpaired) electrons. The van der Waals surface area contributed by atoms with E-state index < -0.39 is 11.0 Å². The number of rotatable bonds is 4. The van der Waals surface area contributed by atoms with Gasteiger partial charge < -0.3 is 9.84 Å². The Morgan fingerprint density at radius 3 is 2.88 bits per heavy atom. The summed E-state index contributed by atoms with van der Waals surface area (Å²) in [7, 11) is 0. The number of amides is 1. The molecule has 0 heterocycles. The van der Waals surface area contributed by atoms with E-state index in [0.29, 0.717) is 4.47 Å². The highest BCUT2D eigenvalue weighted by atomic mass is 79.9. The summed E-state index contributed by atoms with van der Waals surface area (Å²) in [6, 6.07) is 3.94. The number of nitro benzene ring substituents is 1. The summed E-state index contributed by atoms with van der Waals surface area (Å²) in [6.45, 7) is -0.429. The molecule has 17 heavy (non-hydrogen) atoms. The zero-order valence-corrected chi connectivity index (χ0v) is 10.1. The molecule has 0 spiro atoms. The van der Waals surface area contributed by atoms with Crippen LogP contribution in [0.1, 0.15) is 0 Å². The fourth-order valence-electron chi connectivity index (χ4n) is 1.01. The first kappa shape index (κ1) is 13.4. The number of aliphatic hydroxyl groups is 1. The van der Waals surface area contributed by atoms with E-state index in [-0.39, 0.29) is 24.6 Å². The van der Waals surface area contributed by atoms with E-state index >= 15 is 0 Å². The number of halogens is 1. The first-order valence-electron chi connectivity index (χ1n) is 4.53. The molecule has 92 valence electrons. The highest BCUT2D eigenvalue weighted by molar-refractivity contribution is 9.10. The van der Waals surface area contributed by atoms with Gasteiger partial charge in [-0.2, -0.15) is 0 Å². The lowest BCUT2D eigenvalue weighted by Crippen LogP contribution is -2.16. The number of carbonyl (C=O) groups excluding carboxylic acids is 1. The van der Waals surface area contributed by atoms with Crippen molar-refractivity contribution in [2.75, 3.05) is 18.5 Å². The van der Waals surface area contributed by atoms with Crippen molar-refractivity contribution in [2.45, 2.75) is 0 Å². The van der Waals surface area contributed by atoms with Crippen molar-refractivity contribution < 1.29 is 19.6 Å². The zero-order chi connectivity index (χ0) is 12.8. The van der Waals surface area contributed by atoms with Gasteiger partial charge in [0, 0.05) is 16.6 Å². The van der Waals surface area contributed by atoms with Crippen LogP contribution < -0.4 is 5.32 Å². The van der Waals surface area contributed by atoms with Crippen molar-refractivity contribution in [2.24, 2.45) is 0 Å². The number of hydrogen-bond donors (Lipinski definition) is 2. The summed E-state index contributed by atoms with van der Waals surface area (Å²) < 4.78 is 5.05. The van der Waals surface area contributed by atoms with Crippen LogP contribution in [0, 0.1) is 10.1 Å². The van der Waals surface area contributed by atoms with E-state index in [4.69, 9.17) is 5.11 Å². The molecule has 2 N–H and O–H groups in total. The molecule has 0 aliphatic carbocycles. The number of hydrogen-bond acceptors (Lipinski definition) is 5. The number of nitrogens with zero attached hydrogens (tertiary/aromatic N) is 1. The molecule has 0 unspecified atom stereocenters. The van der Waals surface area contributed by atoms with Crippen molar-refractivity contribution in [3.63, 3.8) is 0 Å². The van der Waals surface area contributed by atoms with E-state index in [0.717, 1.165) is 0 Å². The van der Waals surface area contributed by atoms with Gasteiger partial charge in [-0.1, -0.05) is 0 Å². The van der Waals surface area contributed by atoms with Gasteiger partial charge in [0.1, 0.15) is 6.61 Å². The van der Waals surface area contributed by atoms with Crippen molar-refractivity contribution >= 4 is 33.4 Å². The van der Waals surface area contributed by atoms with Crippen LogP contribution in [-0.4, -0.2) is 29.3 Å². The lowest BCUT2D eigenvalue weighted by molar-refractivity contribution is -0.384. The molecule has 0 atom stereocenters. The third-order valence-electron chi connectivity index (χ3n) is 1.72. The van der Waals surface area contributed by atoms with Gasteiger partial charge in [-0.15, -0.1) is 0 Å². The fraction of sp³-hybridized carbons (Fsp3) is 0.222. The molecule has 0 fully saturated rings. The Morgan fingerprint density at radius 2 is 2.29 bits per heavy atom. The standard InChI is InChI=1S/C9H9BrN2O5/c10-7-2-1-6(12(15)16)5-8(7)11-9(14)17-4-3-13/h1-2,5,13H,3-4H2,(H,11,14). The number of ether oxygens (including phenoxy) is 1. The third-order valence-corrected chi connectivity index (χ3v) is 2.41. The lowest BCUT2D eigenvalue weighted by Gasteiger charge is -2.07. The molecule has 0 aliphatic heterocycles. The number of nitrogens with one attached hydrogen (secondary N) is 1. The second kappa shape index (κ2) is 6.16. The second-order valence-corrected chi connectivity index (χ2v) is 3.76. The average molecular weight is 305 g/mol. The SMILES string of the molecule is O=C(Nc1cc([N+](=O)[O-])ccc1Br)OCCO. The van der Waals surface area contributed by atoms with Gasteiger partial charge in [0.2, 0.25) is 0 Å². The maximum absolute atomic E-state index is 11.2. The average Bonchev–Trinajstić information content (AvgIpc) is 2.29. The molecule has 0 aromatic heterocycles. The highest BCUT2D eigenvalue weighted by Crippen LogP contribution is 2.27. The Hall–Kier alpha value is -1.67. The lowest BCUT2D eigenvalue weighted by atomic mass is 10.3. The van der Waals surface area contributed by atoms with E-state index in [2.05, 4.69) is 26.0 Å². The van der Waals surface area contributed by atoms with Crippen molar-refractivity contribution in [3.8, 4) is 0 Å². The Bertz CT molecular complexity index is 437. The Labute approximate surface area is 105 Å². The van der Waals surface area contributed by atoms with Crippen molar-refractivity contribution in [3.05, 3.63) is 32.8 Å². The van der Waals surface area contributed by atoms with Gasteiger partial charge in [0.25, 0.3) is 5.69 Å². The number of aliphatic hydroxyl groups excluding tert-OH is 1. The van der Waals surface area contributed by atoms with Crippen LogP contribution in [0.2, 0.25) is 0 Å². The van der Waals surface area contributed by atoms with Gasteiger partial charge in [-0.25, -0.2) is 4.79 Å². The molecule has 1 rings (SSSR count). The molecule has 1 aromatic rings. The van der Waals surface area contributed by atoms with E-state index in [1.165, 1.54) is 18.2 Å². The quantitative estimate of drug-likeness (QED) is 0.653. The Morgan fingerprint density at radius 1 is 1.59 bits per heavy atom. The normalized spacial score (nSPS) is 9.76. The molecule has 8 heteroatoms. The molecule has 7 nitrogen and oxygen atoms in total. The van der Waals surface area contributed by atoms with Crippen LogP contribution in [0.4, 0.5) is 16.2 Å². The molecule has 0 aliphatic rings. The minimum absolute atomic E-state index is 0.140. The number of anilines is 1. The molecule has 1 aromatic carbocycles. The molecule has 0 bridgehead atoms. The monoisotopic (exact) mass is 304 g/mol. The summed E-state index contributed by atoms with van der Waals surface area (Å²) in [4.78, 5) is 21.1. The Kier molecular flexibility index (Phi) is 4.85. The summed E-state index contributed by atoms with van der Waals surface area (Å²) >= 11 is 3.13. The number of carbonyl (C=O) groups is 1.